The second-order valence-corrected chi connectivity index (χ2v) is 3.77. The zero-order valence-corrected chi connectivity index (χ0v) is 7.54. The van der Waals surface area contributed by atoms with E-state index in [1.165, 1.54) is 5.56 Å². The molecule has 1 nitrogen and oxygen atoms in total. The fourth-order valence-electron chi connectivity index (χ4n) is 2.00. The molecule has 0 saturated heterocycles. The van der Waals surface area contributed by atoms with Gasteiger partial charge in [-0.05, 0) is 42.9 Å². The Balaban J connectivity index is 2.13. The van der Waals surface area contributed by atoms with Gasteiger partial charge < -0.3 is 5.73 Å². The summed E-state index contributed by atoms with van der Waals surface area (Å²) in [6.07, 6.45) is 1.78. The summed E-state index contributed by atoms with van der Waals surface area (Å²) in [6, 6.07) is 7.80. The molecule has 13 heavy (non-hydrogen) atoms. The van der Waals surface area contributed by atoms with Gasteiger partial charge in [-0.3, -0.25) is 0 Å². The zero-order valence-electron chi connectivity index (χ0n) is 7.54. The summed E-state index contributed by atoms with van der Waals surface area (Å²) >= 11 is 0. The highest BCUT2D eigenvalue weighted by Crippen LogP contribution is 2.35. The largest absolute Gasteiger partial charge is 0.399 e. The molecule has 2 rings (SSSR count). The molecule has 2 atom stereocenters. The Morgan fingerprint density at radius 2 is 1.85 bits per heavy atom. The van der Waals surface area contributed by atoms with E-state index in [0.29, 0.717) is 12.3 Å². The third kappa shape index (κ3) is 1.82. The van der Waals surface area contributed by atoms with E-state index < -0.39 is 6.17 Å². The van der Waals surface area contributed by atoms with E-state index in [2.05, 4.69) is 0 Å². The Kier molecular flexibility index (Phi) is 2.21. The van der Waals surface area contributed by atoms with Gasteiger partial charge in [0, 0.05) is 5.69 Å². The monoisotopic (exact) mass is 179 g/mol. The second kappa shape index (κ2) is 3.36. The lowest BCUT2D eigenvalue weighted by Crippen LogP contribution is -1.95. The molecule has 70 valence electrons. The van der Waals surface area contributed by atoms with Crippen LogP contribution in [0.25, 0.3) is 0 Å². The smallest absolute Gasteiger partial charge is 0.101 e. The third-order valence-electron chi connectivity index (χ3n) is 2.78. The number of anilines is 1. The first-order valence-corrected chi connectivity index (χ1v) is 4.75. The third-order valence-corrected chi connectivity index (χ3v) is 2.78. The highest BCUT2D eigenvalue weighted by molar-refractivity contribution is 5.40. The van der Waals surface area contributed by atoms with Gasteiger partial charge in [0.15, 0.2) is 0 Å². The van der Waals surface area contributed by atoms with Crippen molar-refractivity contribution in [3.05, 3.63) is 29.8 Å². The molecular weight excluding hydrogens is 165 g/mol. The Bertz CT molecular complexity index is 281. The lowest BCUT2D eigenvalue weighted by Gasteiger charge is -2.08. The van der Waals surface area contributed by atoms with Crippen LogP contribution in [0.1, 0.15) is 30.7 Å². The van der Waals surface area contributed by atoms with Crippen LogP contribution in [0.5, 0.6) is 0 Å². The van der Waals surface area contributed by atoms with Gasteiger partial charge in [0.2, 0.25) is 0 Å². The van der Waals surface area contributed by atoms with E-state index in [1.54, 1.807) is 0 Å². The number of halogens is 1. The average molecular weight is 179 g/mol. The molecule has 2 unspecified atom stereocenters. The molecule has 1 aliphatic carbocycles. The Labute approximate surface area is 77.8 Å². The van der Waals surface area contributed by atoms with Crippen molar-refractivity contribution >= 4 is 5.69 Å². The van der Waals surface area contributed by atoms with E-state index in [1.807, 2.05) is 24.3 Å². The first-order valence-electron chi connectivity index (χ1n) is 4.75. The molecule has 0 radical (unpaired) electrons. The van der Waals surface area contributed by atoms with Gasteiger partial charge in [0.05, 0.1) is 0 Å². The predicted molar refractivity (Wildman–Crippen MR) is 52.3 cm³/mol. The van der Waals surface area contributed by atoms with E-state index in [9.17, 15) is 4.39 Å². The second-order valence-electron chi connectivity index (χ2n) is 3.77. The van der Waals surface area contributed by atoms with Crippen LogP contribution in [0.4, 0.5) is 10.1 Å². The molecule has 1 aromatic rings. The van der Waals surface area contributed by atoms with Crippen LogP contribution in [-0.4, -0.2) is 6.17 Å². The Morgan fingerprint density at radius 1 is 1.15 bits per heavy atom. The van der Waals surface area contributed by atoms with Crippen molar-refractivity contribution in [1.29, 1.82) is 0 Å². The van der Waals surface area contributed by atoms with Crippen molar-refractivity contribution in [3.63, 3.8) is 0 Å². The number of nitrogens with two attached hydrogens (primary N) is 1. The van der Waals surface area contributed by atoms with Gasteiger partial charge >= 0.3 is 0 Å². The highest BCUT2D eigenvalue weighted by Gasteiger charge is 2.25. The van der Waals surface area contributed by atoms with Crippen LogP contribution in [0.3, 0.4) is 0 Å². The first kappa shape index (κ1) is 8.54. The van der Waals surface area contributed by atoms with Crippen LogP contribution >= 0.6 is 0 Å². The van der Waals surface area contributed by atoms with Gasteiger partial charge in [0.25, 0.3) is 0 Å². The minimum atomic E-state index is -0.595. The summed E-state index contributed by atoms with van der Waals surface area (Å²) in [5.74, 6) is 0.413. The van der Waals surface area contributed by atoms with Crippen molar-refractivity contribution < 1.29 is 4.39 Å². The Morgan fingerprint density at radius 3 is 2.38 bits per heavy atom. The van der Waals surface area contributed by atoms with Crippen LogP contribution in [-0.2, 0) is 0 Å². The topological polar surface area (TPSA) is 26.0 Å². The van der Waals surface area contributed by atoms with E-state index in [-0.39, 0.29) is 0 Å². The molecule has 0 amide bonds. The zero-order chi connectivity index (χ0) is 9.26. The van der Waals surface area contributed by atoms with Gasteiger partial charge in [-0.1, -0.05) is 12.1 Å². The summed E-state index contributed by atoms with van der Waals surface area (Å²) in [7, 11) is 0. The lowest BCUT2D eigenvalue weighted by atomic mass is 9.97. The van der Waals surface area contributed by atoms with Crippen LogP contribution in [0, 0.1) is 0 Å². The van der Waals surface area contributed by atoms with Gasteiger partial charge in [-0.15, -0.1) is 0 Å². The summed E-state index contributed by atoms with van der Waals surface area (Å²) in [4.78, 5) is 0. The molecule has 0 aliphatic heterocycles. The van der Waals surface area contributed by atoms with Gasteiger partial charge in [0.1, 0.15) is 6.17 Å². The molecule has 1 aliphatic rings. The van der Waals surface area contributed by atoms with Gasteiger partial charge in [-0.25, -0.2) is 4.39 Å². The number of nitrogen functional groups attached to an aromatic ring is 1. The molecule has 0 spiro atoms. The molecule has 0 aromatic heterocycles. The van der Waals surface area contributed by atoms with Gasteiger partial charge in [-0.2, -0.15) is 0 Å². The van der Waals surface area contributed by atoms with E-state index >= 15 is 0 Å². The van der Waals surface area contributed by atoms with Crippen LogP contribution in [0.15, 0.2) is 24.3 Å². The molecule has 1 fully saturated rings. The van der Waals surface area contributed by atoms with Crippen molar-refractivity contribution in [2.45, 2.75) is 31.4 Å². The van der Waals surface area contributed by atoms with Crippen molar-refractivity contribution in [3.8, 4) is 0 Å². The van der Waals surface area contributed by atoms with Crippen molar-refractivity contribution in [1.82, 2.24) is 0 Å². The van der Waals surface area contributed by atoms with E-state index in [4.69, 9.17) is 5.73 Å². The average Bonchev–Trinajstić information content (AvgIpc) is 2.53. The minimum Gasteiger partial charge on any atom is -0.399 e. The highest BCUT2D eigenvalue weighted by atomic mass is 19.1. The molecule has 0 bridgehead atoms. The molecular formula is C11H14FN. The summed E-state index contributed by atoms with van der Waals surface area (Å²) in [6.45, 7) is 0. The van der Waals surface area contributed by atoms with E-state index in [0.717, 1.165) is 18.5 Å². The molecule has 1 saturated carbocycles. The van der Waals surface area contributed by atoms with Crippen molar-refractivity contribution in [2.75, 3.05) is 5.73 Å². The summed E-state index contributed by atoms with van der Waals surface area (Å²) in [5.41, 5.74) is 7.59. The standard InChI is InChI=1S/C11H14FN/c12-10-4-1-9(7-10)8-2-5-11(13)6-3-8/h2-3,5-6,9-10H,1,4,7,13H2. The molecule has 0 heterocycles. The fraction of sp³-hybridized carbons (Fsp3) is 0.455. The summed E-state index contributed by atoms with van der Waals surface area (Å²) in [5, 5.41) is 0. The maximum Gasteiger partial charge on any atom is 0.101 e. The van der Waals surface area contributed by atoms with Crippen molar-refractivity contribution in [2.24, 2.45) is 0 Å². The molecule has 2 heteroatoms. The normalized spacial score (nSPS) is 27.8. The number of hydrogen-bond donors (Lipinski definition) is 1. The first-order chi connectivity index (χ1) is 6.25. The number of benzene rings is 1. The fourth-order valence-corrected chi connectivity index (χ4v) is 2.00. The van der Waals surface area contributed by atoms with Crippen LogP contribution in [0.2, 0.25) is 0 Å². The lowest BCUT2D eigenvalue weighted by molar-refractivity contribution is 0.339. The predicted octanol–water partition coefficient (Wildman–Crippen LogP) is 2.87. The maximum atomic E-state index is 12.9. The maximum absolute atomic E-state index is 12.9. The number of hydrogen-bond acceptors (Lipinski definition) is 1. The molecule has 2 N–H and O–H groups in total. The molecule has 1 aromatic carbocycles. The van der Waals surface area contributed by atoms with Crippen LogP contribution < -0.4 is 5.73 Å². The minimum absolute atomic E-state index is 0.413. The summed E-state index contributed by atoms with van der Waals surface area (Å²) < 4.78 is 12.9. The quantitative estimate of drug-likeness (QED) is 0.659. The SMILES string of the molecule is Nc1ccc(C2CCC(F)C2)cc1. The number of rotatable bonds is 1. The number of alkyl halides is 1. The Hall–Kier alpha value is -1.05.